The molecule has 5 rings (SSSR count). The van der Waals surface area contributed by atoms with E-state index in [2.05, 4.69) is 57.7 Å². The average molecular weight is 428 g/mol. The number of anilines is 1. The van der Waals surface area contributed by atoms with Crippen LogP contribution in [0.2, 0.25) is 0 Å². The predicted molar refractivity (Wildman–Crippen MR) is 126 cm³/mol. The van der Waals surface area contributed by atoms with Crippen molar-refractivity contribution in [3.8, 4) is 16.9 Å². The molecule has 0 aliphatic carbocycles. The molecule has 0 radical (unpaired) electrons. The number of aromatic amines is 1. The summed E-state index contributed by atoms with van der Waals surface area (Å²) in [6.07, 6.45) is 0. The normalized spacial score (nSPS) is 11.4. The summed E-state index contributed by atoms with van der Waals surface area (Å²) in [6, 6.07) is 12.6. The fraction of sp³-hybridized carbons (Fsp3) is 0.240. The lowest BCUT2D eigenvalue weighted by atomic mass is 10.0. The van der Waals surface area contributed by atoms with Gasteiger partial charge in [-0.25, -0.2) is 9.97 Å². The van der Waals surface area contributed by atoms with E-state index in [1.54, 1.807) is 7.11 Å². The molecule has 162 valence electrons. The largest absolute Gasteiger partial charge is 0.496 e. The van der Waals surface area contributed by atoms with Gasteiger partial charge < -0.3 is 19.6 Å². The number of hydrogen-bond acceptors (Lipinski definition) is 6. The summed E-state index contributed by atoms with van der Waals surface area (Å²) in [7, 11) is 1.68. The Balaban J connectivity index is 1.67. The van der Waals surface area contributed by atoms with E-state index in [-0.39, 0.29) is 0 Å². The number of fused-ring (bicyclic) bond motifs is 3. The summed E-state index contributed by atoms with van der Waals surface area (Å²) in [5.41, 5.74) is 6.88. The summed E-state index contributed by atoms with van der Waals surface area (Å²) in [4.78, 5) is 12.8. The molecule has 0 amide bonds. The number of rotatable bonds is 5. The monoisotopic (exact) mass is 427 g/mol. The minimum Gasteiger partial charge on any atom is -0.496 e. The van der Waals surface area contributed by atoms with Crippen LogP contribution in [0.3, 0.4) is 0 Å². The third kappa shape index (κ3) is 3.36. The van der Waals surface area contributed by atoms with Gasteiger partial charge in [-0.05, 0) is 45.4 Å². The number of nitrogens with one attached hydrogen (secondary N) is 2. The fourth-order valence-electron chi connectivity index (χ4n) is 4.30. The minimum atomic E-state index is 0.675. The molecule has 2 aromatic carbocycles. The van der Waals surface area contributed by atoms with E-state index >= 15 is 0 Å². The molecule has 0 aliphatic heterocycles. The second kappa shape index (κ2) is 7.67. The Labute approximate surface area is 185 Å². The lowest BCUT2D eigenvalue weighted by Gasteiger charge is -2.10. The topological polar surface area (TPSA) is 88.9 Å². The Bertz CT molecular complexity index is 1450. The quantitative estimate of drug-likeness (QED) is 0.378. The Morgan fingerprint density at radius 3 is 2.62 bits per heavy atom. The van der Waals surface area contributed by atoms with Gasteiger partial charge in [-0.3, -0.25) is 0 Å². The van der Waals surface area contributed by atoms with Crippen molar-refractivity contribution in [2.24, 2.45) is 0 Å². The fourth-order valence-corrected chi connectivity index (χ4v) is 4.30. The van der Waals surface area contributed by atoms with Crippen molar-refractivity contribution >= 4 is 27.8 Å². The van der Waals surface area contributed by atoms with Gasteiger partial charge in [0.05, 0.1) is 23.8 Å². The maximum Gasteiger partial charge on any atom is 0.144 e. The second-order valence-electron chi connectivity index (χ2n) is 8.11. The predicted octanol–water partition coefficient (Wildman–Crippen LogP) is 5.62. The van der Waals surface area contributed by atoms with Gasteiger partial charge in [-0.15, -0.1) is 0 Å². The van der Waals surface area contributed by atoms with Crippen LogP contribution >= 0.6 is 0 Å². The molecule has 2 N–H and O–H groups in total. The van der Waals surface area contributed by atoms with Crippen LogP contribution in [0.25, 0.3) is 33.1 Å². The second-order valence-corrected chi connectivity index (χ2v) is 8.11. The first-order chi connectivity index (χ1) is 15.4. The average Bonchev–Trinajstić information content (AvgIpc) is 3.29. The zero-order chi connectivity index (χ0) is 22.4. The van der Waals surface area contributed by atoms with Crippen molar-refractivity contribution < 1.29 is 9.26 Å². The van der Waals surface area contributed by atoms with Crippen LogP contribution in [0.4, 0.5) is 5.82 Å². The molecule has 32 heavy (non-hydrogen) atoms. The first-order valence-electron chi connectivity index (χ1n) is 10.6. The first-order valence-corrected chi connectivity index (χ1v) is 10.6. The Kier molecular flexibility index (Phi) is 4.81. The highest BCUT2D eigenvalue weighted by Crippen LogP contribution is 2.40. The van der Waals surface area contributed by atoms with Crippen LogP contribution in [-0.4, -0.2) is 27.2 Å². The van der Waals surface area contributed by atoms with E-state index < -0.39 is 0 Å². The highest BCUT2D eigenvalue weighted by atomic mass is 16.5. The molecule has 3 aromatic heterocycles. The van der Waals surface area contributed by atoms with Crippen molar-refractivity contribution in [1.82, 2.24) is 20.1 Å². The van der Waals surface area contributed by atoms with E-state index in [9.17, 15) is 0 Å². The molecule has 0 aliphatic rings. The molecule has 5 aromatic rings. The van der Waals surface area contributed by atoms with Gasteiger partial charge >= 0.3 is 0 Å². The molecule has 0 saturated heterocycles. The number of aryl methyl sites for hydroxylation is 4. The number of nitrogens with zero attached hydrogens (tertiary/aromatic N) is 3. The molecule has 0 unspecified atom stereocenters. The third-order valence-corrected chi connectivity index (χ3v) is 5.73. The van der Waals surface area contributed by atoms with Gasteiger partial charge in [-0.1, -0.05) is 35.0 Å². The maximum atomic E-state index is 5.77. The molecule has 7 nitrogen and oxygen atoms in total. The van der Waals surface area contributed by atoms with Gasteiger partial charge in [0.1, 0.15) is 28.8 Å². The summed E-state index contributed by atoms with van der Waals surface area (Å²) in [6.45, 7) is 8.51. The Morgan fingerprint density at radius 1 is 1.06 bits per heavy atom. The van der Waals surface area contributed by atoms with Crippen LogP contribution in [-0.2, 0) is 6.54 Å². The van der Waals surface area contributed by atoms with E-state index in [4.69, 9.17) is 14.2 Å². The standard InChI is InChI=1S/C25H25N5O2/c1-13-7-6-8-17(9-13)12-26-24-23-18-11-21(31-5)19(22-14(2)30-32-15(22)3)10-20(18)29-25(23)28-16(4)27-24/h6-11H,12H2,1-5H3,(H2,26,27,28,29). The first kappa shape index (κ1) is 20.1. The number of benzene rings is 2. The van der Waals surface area contributed by atoms with Crippen LogP contribution in [0.15, 0.2) is 40.9 Å². The van der Waals surface area contributed by atoms with Gasteiger partial charge in [0, 0.05) is 23.0 Å². The number of ether oxygens (including phenoxy) is 1. The minimum absolute atomic E-state index is 0.675. The van der Waals surface area contributed by atoms with Crippen molar-refractivity contribution in [1.29, 1.82) is 0 Å². The van der Waals surface area contributed by atoms with E-state index in [1.165, 1.54) is 11.1 Å². The number of aromatic nitrogens is 4. The van der Waals surface area contributed by atoms with Crippen LogP contribution in [0.1, 0.15) is 28.4 Å². The number of hydrogen-bond donors (Lipinski definition) is 2. The molecule has 0 bridgehead atoms. The smallest absolute Gasteiger partial charge is 0.144 e. The zero-order valence-electron chi connectivity index (χ0n) is 18.8. The molecule has 0 atom stereocenters. The number of H-pyrrole nitrogens is 1. The lowest BCUT2D eigenvalue weighted by Crippen LogP contribution is -2.04. The highest BCUT2D eigenvalue weighted by molar-refractivity contribution is 6.12. The van der Waals surface area contributed by atoms with Crippen molar-refractivity contribution in [2.45, 2.75) is 34.2 Å². The van der Waals surface area contributed by atoms with Crippen LogP contribution in [0, 0.1) is 27.7 Å². The van der Waals surface area contributed by atoms with Gasteiger partial charge in [0.25, 0.3) is 0 Å². The van der Waals surface area contributed by atoms with Crippen LogP contribution in [0.5, 0.6) is 5.75 Å². The Hall–Kier alpha value is -3.87. The van der Waals surface area contributed by atoms with Gasteiger partial charge in [-0.2, -0.15) is 0 Å². The SMILES string of the molecule is COc1cc2c(cc1-c1c(C)noc1C)[nH]c1nc(C)nc(NCc3cccc(C)c3)c12. The van der Waals surface area contributed by atoms with E-state index in [0.717, 1.165) is 56.1 Å². The summed E-state index contributed by atoms with van der Waals surface area (Å²) < 4.78 is 11.2. The summed E-state index contributed by atoms with van der Waals surface area (Å²) in [5, 5.41) is 9.56. The summed E-state index contributed by atoms with van der Waals surface area (Å²) in [5.74, 6) is 3.01. The molecule has 3 heterocycles. The van der Waals surface area contributed by atoms with E-state index in [0.29, 0.717) is 12.4 Å². The van der Waals surface area contributed by atoms with Gasteiger partial charge in [0.15, 0.2) is 0 Å². The molecule has 7 heteroatoms. The molecule has 0 fully saturated rings. The molecular formula is C25H25N5O2. The highest BCUT2D eigenvalue weighted by Gasteiger charge is 2.20. The maximum absolute atomic E-state index is 5.77. The Morgan fingerprint density at radius 2 is 1.91 bits per heavy atom. The van der Waals surface area contributed by atoms with Crippen molar-refractivity contribution in [3.05, 3.63) is 64.8 Å². The molecular weight excluding hydrogens is 402 g/mol. The third-order valence-electron chi connectivity index (χ3n) is 5.73. The lowest BCUT2D eigenvalue weighted by molar-refractivity contribution is 0.393. The zero-order valence-corrected chi connectivity index (χ0v) is 18.8. The molecule has 0 spiro atoms. The van der Waals surface area contributed by atoms with E-state index in [1.807, 2.05) is 26.8 Å². The van der Waals surface area contributed by atoms with Gasteiger partial charge in [0.2, 0.25) is 0 Å². The van der Waals surface area contributed by atoms with Crippen LogP contribution < -0.4 is 10.1 Å². The van der Waals surface area contributed by atoms with Crippen molar-refractivity contribution in [3.63, 3.8) is 0 Å². The number of methoxy groups -OCH3 is 1. The van der Waals surface area contributed by atoms with Crippen molar-refractivity contribution in [2.75, 3.05) is 12.4 Å². The molecule has 0 saturated carbocycles. The summed E-state index contributed by atoms with van der Waals surface area (Å²) >= 11 is 0.